The van der Waals surface area contributed by atoms with Crippen LogP contribution >= 0.6 is 15.9 Å². The van der Waals surface area contributed by atoms with Crippen LogP contribution < -0.4 is 5.73 Å². The molecule has 3 nitrogen and oxygen atoms in total. The first-order chi connectivity index (χ1) is 7.54. The van der Waals surface area contributed by atoms with Crippen LogP contribution in [-0.4, -0.2) is 12.6 Å². The SMILES string of the molecule is CCOC(=O)C[C@@H](N)c1ccc(Br)cc1C. The van der Waals surface area contributed by atoms with Crippen molar-refractivity contribution >= 4 is 21.9 Å². The van der Waals surface area contributed by atoms with E-state index in [2.05, 4.69) is 15.9 Å². The van der Waals surface area contributed by atoms with Crippen molar-refractivity contribution in [1.29, 1.82) is 0 Å². The van der Waals surface area contributed by atoms with Gasteiger partial charge in [0.25, 0.3) is 0 Å². The van der Waals surface area contributed by atoms with E-state index < -0.39 is 0 Å². The monoisotopic (exact) mass is 285 g/mol. The van der Waals surface area contributed by atoms with Crippen LogP contribution in [0.5, 0.6) is 0 Å². The summed E-state index contributed by atoms with van der Waals surface area (Å²) >= 11 is 3.39. The average Bonchev–Trinajstić information content (AvgIpc) is 2.17. The lowest BCUT2D eigenvalue weighted by atomic mass is 10.00. The zero-order valence-electron chi connectivity index (χ0n) is 9.50. The molecule has 0 unspecified atom stereocenters. The van der Waals surface area contributed by atoms with Crippen molar-refractivity contribution in [1.82, 2.24) is 0 Å². The third-order valence-electron chi connectivity index (χ3n) is 2.32. The molecule has 0 radical (unpaired) electrons. The molecule has 0 amide bonds. The number of nitrogens with two attached hydrogens (primary N) is 1. The van der Waals surface area contributed by atoms with E-state index in [4.69, 9.17) is 10.5 Å². The molecular formula is C12H16BrNO2. The van der Waals surface area contributed by atoms with Crippen molar-refractivity contribution in [3.63, 3.8) is 0 Å². The second kappa shape index (κ2) is 6.01. The minimum atomic E-state index is -0.299. The Bertz CT molecular complexity index is 379. The number of rotatable bonds is 4. The number of carbonyl (C=O) groups excluding carboxylic acids is 1. The second-order valence-corrected chi connectivity index (χ2v) is 4.53. The molecular weight excluding hydrogens is 270 g/mol. The predicted molar refractivity (Wildman–Crippen MR) is 67.1 cm³/mol. The maximum Gasteiger partial charge on any atom is 0.307 e. The Kier molecular flexibility index (Phi) is 4.96. The van der Waals surface area contributed by atoms with Crippen LogP contribution in [0.1, 0.15) is 30.5 Å². The topological polar surface area (TPSA) is 52.3 Å². The van der Waals surface area contributed by atoms with Gasteiger partial charge in [0.05, 0.1) is 13.0 Å². The Morgan fingerprint density at radius 1 is 1.56 bits per heavy atom. The normalized spacial score (nSPS) is 12.2. The van der Waals surface area contributed by atoms with E-state index in [-0.39, 0.29) is 18.4 Å². The summed E-state index contributed by atoms with van der Waals surface area (Å²) in [5.74, 6) is -0.252. The molecule has 1 aromatic rings. The molecule has 1 aromatic carbocycles. The number of hydrogen-bond donors (Lipinski definition) is 1. The summed E-state index contributed by atoms with van der Waals surface area (Å²) in [6.45, 7) is 4.16. The van der Waals surface area contributed by atoms with Crippen molar-refractivity contribution in [2.45, 2.75) is 26.3 Å². The highest BCUT2D eigenvalue weighted by Crippen LogP contribution is 2.22. The lowest BCUT2D eigenvalue weighted by molar-refractivity contribution is -0.143. The maximum absolute atomic E-state index is 11.3. The number of benzene rings is 1. The molecule has 4 heteroatoms. The van der Waals surface area contributed by atoms with Gasteiger partial charge in [-0.15, -0.1) is 0 Å². The molecule has 88 valence electrons. The van der Waals surface area contributed by atoms with Crippen LogP contribution in [0.25, 0.3) is 0 Å². The Morgan fingerprint density at radius 2 is 2.25 bits per heavy atom. The van der Waals surface area contributed by atoms with Crippen molar-refractivity contribution < 1.29 is 9.53 Å². The fourth-order valence-corrected chi connectivity index (χ4v) is 2.04. The van der Waals surface area contributed by atoms with Crippen LogP contribution in [0.4, 0.5) is 0 Å². The second-order valence-electron chi connectivity index (χ2n) is 3.62. The molecule has 0 aliphatic rings. The number of carbonyl (C=O) groups is 1. The highest BCUT2D eigenvalue weighted by atomic mass is 79.9. The van der Waals surface area contributed by atoms with Gasteiger partial charge in [-0.1, -0.05) is 22.0 Å². The molecule has 0 aliphatic carbocycles. The van der Waals surface area contributed by atoms with Gasteiger partial charge in [0, 0.05) is 10.5 Å². The summed E-state index contributed by atoms with van der Waals surface area (Å²) in [6, 6.07) is 5.55. The molecule has 0 aromatic heterocycles. The van der Waals surface area contributed by atoms with Crippen LogP contribution in [0.3, 0.4) is 0 Å². The number of hydrogen-bond acceptors (Lipinski definition) is 3. The third-order valence-corrected chi connectivity index (χ3v) is 2.82. The zero-order valence-corrected chi connectivity index (χ0v) is 11.1. The quantitative estimate of drug-likeness (QED) is 0.866. The van der Waals surface area contributed by atoms with E-state index in [1.807, 2.05) is 25.1 Å². The molecule has 0 heterocycles. The van der Waals surface area contributed by atoms with Gasteiger partial charge < -0.3 is 10.5 Å². The van der Waals surface area contributed by atoms with Gasteiger partial charge in [-0.25, -0.2) is 0 Å². The van der Waals surface area contributed by atoms with E-state index in [1.165, 1.54) is 0 Å². The Balaban J connectivity index is 2.72. The molecule has 0 spiro atoms. The van der Waals surface area contributed by atoms with Gasteiger partial charge in [0.1, 0.15) is 0 Å². The van der Waals surface area contributed by atoms with Crippen molar-refractivity contribution in [3.05, 3.63) is 33.8 Å². The molecule has 2 N–H and O–H groups in total. The first-order valence-electron chi connectivity index (χ1n) is 5.21. The molecule has 1 rings (SSSR count). The summed E-state index contributed by atoms with van der Waals surface area (Å²) in [5.41, 5.74) is 8.02. The summed E-state index contributed by atoms with van der Waals surface area (Å²) in [7, 11) is 0. The standard InChI is InChI=1S/C12H16BrNO2/c1-3-16-12(15)7-11(14)10-5-4-9(13)6-8(10)2/h4-6,11H,3,7,14H2,1-2H3/t11-/m1/s1. The van der Waals surface area contributed by atoms with Crippen molar-refractivity contribution in [3.8, 4) is 0 Å². The molecule has 0 bridgehead atoms. The molecule has 0 aliphatic heterocycles. The third kappa shape index (κ3) is 3.61. The fourth-order valence-electron chi connectivity index (χ4n) is 1.56. The largest absolute Gasteiger partial charge is 0.466 e. The number of esters is 1. The van der Waals surface area contributed by atoms with Crippen LogP contribution in [0.2, 0.25) is 0 Å². The number of ether oxygens (including phenoxy) is 1. The molecule has 0 saturated carbocycles. The van der Waals surface area contributed by atoms with Crippen LogP contribution in [-0.2, 0) is 9.53 Å². The van der Waals surface area contributed by atoms with Gasteiger partial charge in [-0.3, -0.25) is 4.79 Å². The minimum absolute atomic E-state index is 0.219. The van der Waals surface area contributed by atoms with E-state index in [9.17, 15) is 4.79 Å². The van der Waals surface area contributed by atoms with E-state index in [0.717, 1.165) is 15.6 Å². The van der Waals surface area contributed by atoms with E-state index in [1.54, 1.807) is 6.92 Å². The molecule has 1 atom stereocenters. The minimum Gasteiger partial charge on any atom is -0.466 e. The highest BCUT2D eigenvalue weighted by molar-refractivity contribution is 9.10. The van der Waals surface area contributed by atoms with Gasteiger partial charge >= 0.3 is 5.97 Å². The average molecular weight is 286 g/mol. The van der Waals surface area contributed by atoms with Crippen LogP contribution in [0.15, 0.2) is 22.7 Å². The Hall–Kier alpha value is -0.870. The van der Waals surface area contributed by atoms with E-state index >= 15 is 0 Å². The van der Waals surface area contributed by atoms with Gasteiger partial charge in [-0.2, -0.15) is 0 Å². The fraction of sp³-hybridized carbons (Fsp3) is 0.417. The lowest BCUT2D eigenvalue weighted by Gasteiger charge is -2.14. The van der Waals surface area contributed by atoms with Gasteiger partial charge in [0.2, 0.25) is 0 Å². The molecule has 0 saturated heterocycles. The van der Waals surface area contributed by atoms with Crippen LogP contribution in [0, 0.1) is 6.92 Å². The Labute approximate surface area is 104 Å². The lowest BCUT2D eigenvalue weighted by Crippen LogP contribution is -2.18. The Morgan fingerprint density at radius 3 is 2.81 bits per heavy atom. The van der Waals surface area contributed by atoms with Crippen molar-refractivity contribution in [2.24, 2.45) is 5.73 Å². The summed E-state index contributed by atoms with van der Waals surface area (Å²) in [6.07, 6.45) is 0.219. The van der Waals surface area contributed by atoms with Gasteiger partial charge in [0.15, 0.2) is 0 Å². The summed E-state index contributed by atoms with van der Waals surface area (Å²) in [5, 5.41) is 0. The smallest absolute Gasteiger partial charge is 0.307 e. The zero-order chi connectivity index (χ0) is 12.1. The van der Waals surface area contributed by atoms with E-state index in [0.29, 0.717) is 6.61 Å². The number of aryl methyl sites for hydroxylation is 1. The van der Waals surface area contributed by atoms with Gasteiger partial charge in [-0.05, 0) is 37.1 Å². The first-order valence-corrected chi connectivity index (χ1v) is 6.01. The summed E-state index contributed by atoms with van der Waals surface area (Å²) < 4.78 is 5.88. The predicted octanol–water partition coefficient (Wildman–Crippen LogP) is 2.71. The highest BCUT2D eigenvalue weighted by Gasteiger charge is 2.14. The van der Waals surface area contributed by atoms with Crippen molar-refractivity contribution in [2.75, 3.05) is 6.61 Å². The number of halogens is 1. The maximum atomic E-state index is 11.3. The first kappa shape index (κ1) is 13.2. The summed E-state index contributed by atoms with van der Waals surface area (Å²) in [4.78, 5) is 11.3. The molecule has 0 fully saturated rings. The molecule has 16 heavy (non-hydrogen) atoms.